The molecule has 0 amide bonds. The van der Waals surface area contributed by atoms with Crippen molar-refractivity contribution in [2.45, 2.75) is 6.42 Å². The number of benzene rings is 1. The van der Waals surface area contributed by atoms with E-state index in [1.165, 1.54) is 18.2 Å². The van der Waals surface area contributed by atoms with E-state index in [0.717, 1.165) is 0 Å². The zero-order valence-corrected chi connectivity index (χ0v) is 8.85. The quantitative estimate of drug-likeness (QED) is 0.854. The van der Waals surface area contributed by atoms with E-state index in [1.807, 2.05) is 0 Å². The molecular formula is C11H11ClFNO. The molecule has 0 aliphatic carbocycles. The Bertz CT molecular complexity index is 390. The molecule has 1 aliphatic rings. The Morgan fingerprint density at radius 1 is 1.53 bits per heavy atom. The Balaban J connectivity index is 2.09. The summed E-state index contributed by atoms with van der Waals surface area (Å²) in [6.45, 7) is 1.42. The zero-order chi connectivity index (χ0) is 10.8. The number of ketones is 1. The topological polar surface area (TPSA) is 29.1 Å². The lowest BCUT2D eigenvalue weighted by atomic mass is 9.93. The summed E-state index contributed by atoms with van der Waals surface area (Å²) in [5.74, 6) is -0.238. The van der Waals surface area contributed by atoms with Gasteiger partial charge in [0.15, 0.2) is 0 Å². The van der Waals surface area contributed by atoms with Gasteiger partial charge in [0, 0.05) is 30.5 Å². The van der Waals surface area contributed by atoms with Crippen molar-refractivity contribution in [3.63, 3.8) is 0 Å². The molecule has 0 unspecified atom stereocenters. The van der Waals surface area contributed by atoms with Crippen LogP contribution < -0.4 is 5.32 Å². The molecule has 1 fully saturated rings. The Morgan fingerprint density at radius 3 is 2.87 bits per heavy atom. The van der Waals surface area contributed by atoms with Crippen molar-refractivity contribution in [2.75, 3.05) is 13.1 Å². The molecule has 1 aromatic rings. The number of carbonyl (C=O) groups excluding carboxylic acids is 1. The molecule has 0 radical (unpaired) electrons. The highest BCUT2D eigenvalue weighted by atomic mass is 35.5. The highest BCUT2D eigenvalue weighted by Crippen LogP contribution is 2.17. The SMILES string of the molecule is O=C(Cc1cc(Cl)ccc1F)C1CNC1. The van der Waals surface area contributed by atoms with E-state index in [4.69, 9.17) is 11.6 Å². The average Bonchev–Trinajstić information content (AvgIpc) is 2.08. The van der Waals surface area contributed by atoms with Crippen molar-refractivity contribution in [1.82, 2.24) is 5.32 Å². The van der Waals surface area contributed by atoms with Gasteiger partial charge in [0.05, 0.1) is 0 Å². The summed E-state index contributed by atoms with van der Waals surface area (Å²) in [4.78, 5) is 11.6. The van der Waals surface area contributed by atoms with Gasteiger partial charge >= 0.3 is 0 Å². The summed E-state index contributed by atoms with van der Waals surface area (Å²) in [6, 6.07) is 4.29. The first-order valence-corrected chi connectivity index (χ1v) is 5.22. The van der Waals surface area contributed by atoms with Crippen LogP contribution in [0.25, 0.3) is 0 Å². The van der Waals surface area contributed by atoms with Crippen molar-refractivity contribution in [2.24, 2.45) is 5.92 Å². The maximum absolute atomic E-state index is 13.3. The van der Waals surface area contributed by atoms with E-state index in [1.54, 1.807) is 0 Å². The summed E-state index contributed by atoms with van der Waals surface area (Å²) in [6.07, 6.45) is 0.138. The first-order chi connectivity index (χ1) is 7.16. The third kappa shape index (κ3) is 2.36. The number of Topliss-reactive ketones (excluding diaryl/α,β-unsaturated/α-hetero) is 1. The molecule has 0 aromatic heterocycles. The molecule has 1 N–H and O–H groups in total. The van der Waals surface area contributed by atoms with Crippen molar-refractivity contribution < 1.29 is 9.18 Å². The van der Waals surface area contributed by atoms with Crippen molar-refractivity contribution >= 4 is 17.4 Å². The number of carbonyl (C=O) groups is 1. The van der Waals surface area contributed by atoms with Gasteiger partial charge in [0.25, 0.3) is 0 Å². The van der Waals surface area contributed by atoms with Crippen LogP contribution in [0.4, 0.5) is 4.39 Å². The number of halogens is 2. The number of rotatable bonds is 3. The molecule has 0 bridgehead atoms. The maximum Gasteiger partial charge on any atom is 0.142 e. The first kappa shape index (κ1) is 10.6. The fraction of sp³-hybridized carbons (Fsp3) is 0.364. The molecule has 0 atom stereocenters. The van der Waals surface area contributed by atoms with Crippen LogP contribution in [0, 0.1) is 11.7 Å². The van der Waals surface area contributed by atoms with E-state index in [0.29, 0.717) is 23.7 Å². The van der Waals surface area contributed by atoms with Gasteiger partial charge in [0.2, 0.25) is 0 Å². The lowest BCUT2D eigenvalue weighted by molar-refractivity contribution is -0.123. The standard InChI is InChI=1S/C11H11ClFNO/c12-9-1-2-10(13)7(3-9)4-11(15)8-5-14-6-8/h1-3,8,14H,4-6H2. The van der Waals surface area contributed by atoms with Gasteiger partial charge < -0.3 is 5.32 Å². The number of nitrogens with one attached hydrogen (secondary N) is 1. The molecule has 80 valence electrons. The van der Waals surface area contributed by atoms with Crippen LogP contribution in [0.3, 0.4) is 0 Å². The van der Waals surface area contributed by atoms with Gasteiger partial charge in [-0.3, -0.25) is 4.79 Å². The van der Waals surface area contributed by atoms with Gasteiger partial charge in [0.1, 0.15) is 11.6 Å². The van der Waals surface area contributed by atoms with Crippen molar-refractivity contribution in [3.8, 4) is 0 Å². The summed E-state index contributed by atoms with van der Waals surface area (Å²) >= 11 is 5.74. The Hall–Kier alpha value is -0.930. The maximum atomic E-state index is 13.3. The van der Waals surface area contributed by atoms with E-state index in [9.17, 15) is 9.18 Å². The predicted molar refractivity (Wildman–Crippen MR) is 56.5 cm³/mol. The van der Waals surface area contributed by atoms with Crippen LogP contribution >= 0.6 is 11.6 Å². The van der Waals surface area contributed by atoms with Crippen molar-refractivity contribution in [3.05, 3.63) is 34.6 Å². The molecule has 1 aliphatic heterocycles. The smallest absolute Gasteiger partial charge is 0.142 e. The highest BCUT2D eigenvalue weighted by molar-refractivity contribution is 6.30. The third-order valence-corrected chi connectivity index (χ3v) is 2.84. The summed E-state index contributed by atoms with van der Waals surface area (Å²) in [5, 5.41) is 3.48. The van der Waals surface area contributed by atoms with Gasteiger partial charge in [-0.2, -0.15) is 0 Å². The predicted octanol–water partition coefficient (Wildman–Crippen LogP) is 1.81. The normalized spacial score (nSPS) is 16.1. The largest absolute Gasteiger partial charge is 0.315 e. The van der Waals surface area contributed by atoms with Crippen molar-refractivity contribution in [1.29, 1.82) is 0 Å². The lowest BCUT2D eigenvalue weighted by Gasteiger charge is -2.25. The van der Waals surface area contributed by atoms with E-state index < -0.39 is 0 Å². The van der Waals surface area contributed by atoms with Gasteiger partial charge in [-0.05, 0) is 23.8 Å². The second kappa shape index (κ2) is 4.29. The molecule has 0 saturated carbocycles. The molecule has 1 saturated heterocycles. The summed E-state index contributed by atoms with van der Waals surface area (Å²) in [7, 11) is 0. The van der Waals surface area contributed by atoms with Gasteiger partial charge in [-0.25, -0.2) is 4.39 Å². The Morgan fingerprint density at radius 2 is 2.27 bits per heavy atom. The zero-order valence-electron chi connectivity index (χ0n) is 8.09. The molecule has 2 rings (SSSR count). The van der Waals surface area contributed by atoms with Crippen LogP contribution in [-0.2, 0) is 11.2 Å². The molecule has 1 aromatic carbocycles. The second-order valence-electron chi connectivity index (χ2n) is 3.73. The van der Waals surface area contributed by atoms with E-state index >= 15 is 0 Å². The summed E-state index contributed by atoms with van der Waals surface area (Å²) in [5.41, 5.74) is 0.388. The minimum atomic E-state index is -0.361. The minimum absolute atomic E-state index is 0.0448. The molecule has 1 heterocycles. The lowest BCUT2D eigenvalue weighted by Crippen LogP contribution is -2.47. The molecule has 0 spiro atoms. The van der Waals surface area contributed by atoms with Gasteiger partial charge in [-0.15, -0.1) is 0 Å². The molecule has 4 heteroatoms. The molecule has 15 heavy (non-hydrogen) atoms. The third-order valence-electron chi connectivity index (χ3n) is 2.61. The number of hydrogen-bond donors (Lipinski definition) is 1. The van der Waals surface area contributed by atoms with Gasteiger partial charge in [-0.1, -0.05) is 11.6 Å². The first-order valence-electron chi connectivity index (χ1n) is 4.84. The molecule has 2 nitrogen and oxygen atoms in total. The highest BCUT2D eigenvalue weighted by Gasteiger charge is 2.25. The molecular weight excluding hydrogens is 217 g/mol. The summed E-state index contributed by atoms with van der Waals surface area (Å²) < 4.78 is 13.3. The monoisotopic (exact) mass is 227 g/mol. The Labute approximate surface area is 92.4 Å². The van der Waals surface area contributed by atoms with Crippen LogP contribution in [0.2, 0.25) is 5.02 Å². The average molecular weight is 228 g/mol. The van der Waals surface area contributed by atoms with Crippen LogP contribution in [-0.4, -0.2) is 18.9 Å². The minimum Gasteiger partial charge on any atom is -0.315 e. The van der Waals surface area contributed by atoms with E-state index in [2.05, 4.69) is 5.32 Å². The second-order valence-corrected chi connectivity index (χ2v) is 4.17. The fourth-order valence-corrected chi connectivity index (χ4v) is 1.72. The fourth-order valence-electron chi connectivity index (χ4n) is 1.53. The van der Waals surface area contributed by atoms with Crippen LogP contribution in [0.5, 0.6) is 0 Å². The number of hydrogen-bond acceptors (Lipinski definition) is 2. The van der Waals surface area contributed by atoms with Crippen LogP contribution in [0.1, 0.15) is 5.56 Å². The van der Waals surface area contributed by atoms with E-state index in [-0.39, 0.29) is 23.9 Å². The Kier molecular flexibility index (Phi) is 3.03. The van der Waals surface area contributed by atoms with Crippen LogP contribution in [0.15, 0.2) is 18.2 Å².